The maximum Gasteiger partial charge on any atom is 0.410 e. The highest BCUT2D eigenvalue weighted by atomic mass is 16.6. The molecule has 2 rings (SSSR count). The first-order chi connectivity index (χ1) is 15.9. The van der Waals surface area contributed by atoms with Gasteiger partial charge >= 0.3 is 12.1 Å². The number of ether oxygens (including phenoxy) is 1. The summed E-state index contributed by atoms with van der Waals surface area (Å²) in [5.41, 5.74) is 0.437. The number of allylic oxidation sites excluding steroid dienone is 1. The Balaban J connectivity index is 1.89. The van der Waals surface area contributed by atoms with Gasteiger partial charge in [0, 0.05) is 32.3 Å². The van der Waals surface area contributed by atoms with Crippen molar-refractivity contribution in [2.75, 3.05) is 26.2 Å². The normalized spacial score (nSPS) is 20.8. The highest BCUT2D eigenvalue weighted by molar-refractivity contribution is 5.89. The number of carbonyl (C=O) groups excluding carboxylic acids is 3. The summed E-state index contributed by atoms with van der Waals surface area (Å²) < 4.78 is 5.44. The van der Waals surface area contributed by atoms with Crippen molar-refractivity contribution in [3.8, 4) is 12.3 Å². The highest BCUT2D eigenvalue weighted by Crippen LogP contribution is 2.26. The van der Waals surface area contributed by atoms with Crippen molar-refractivity contribution in [1.29, 1.82) is 0 Å². The molecule has 3 amide bonds. The van der Waals surface area contributed by atoms with Crippen LogP contribution in [0.3, 0.4) is 0 Å². The lowest BCUT2D eigenvalue weighted by molar-refractivity contribution is -0.137. The number of carboxylic acid groups (broad SMARTS) is 1. The summed E-state index contributed by atoms with van der Waals surface area (Å²) in [7, 11) is 0. The van der Waals surface area contributed by atoms with E-state index in [9.17, 15) is 19.2 Å². The lowest BCUT2D eigenvalue weighted by Gasteiger charge is -2.34. The van der Waals surface area contributed by atoms with Gasteiger partial charge in [0.2, 0.25) is 11.8 Å². The molecular formula is C25H37N3O6. The summed E-state index contributed by atoms with van der Waals surface area (Å²) in [5, 5.41) is 11.5. The number of terminal acetylenes is 1. The van der Waals surface area contributed by atoms with Gasteiger partial charge in [0.15, 0.2) is 0 Å². The van der Waals surface area contributed by atoms with Gasteiger partial charge in [0.25, 0.3) is 0 Å². The second-order valence-electron chi connectivity index (χ2n) is 10.1. The molecule has 2 heterocycles. The monoisotopic (exact) mass is 475 g/mol. The number of amides is 3. The van der Waals surface area contributed by atoms with Crippen LogP contribution in [-0.4, -0.2) is 76.6 Å². The largest absolute Gasteiger partial charge is 0.481 e. The fourth-order valence-corrected chi connectivity index (χ4v) is 4.25. The van der Waals surface area contributed by atoms with E-state index in [1.54, 1.807) is 15.9 Å². The van der Waals surface area contributed by atoms with Crippen molar-refractivity contribution >= 4 is 23.9 Å². The van der Waals surface area contributed by atoms with Crippen molar-refractivity contribution in [3.05, 3.63) is 11.6 Å². The van der Waals surface area contributed by atoms with E-state index >= 15 is 0 Å². The maximum atomic E-state index is 12.9. The van der Waals surface area contributed by atoms with Gasteiger partial charge in [0.1, 0.15) is 11.6 Å². The Morgan fingerprint density at radius 2 is 1.76 bits per heavy atom. The number of piperidine rings is 2. The molecule has 0 aromatic carbocycles. The fraction of sp³-hybridized carbons (Fsp3) is 0.680. The van der Waals surface area contributed by atoms with Crippen LogP contribution in [0.1, 0.15) is 59.8 Å². The van der Waals surface area contributed by atoms with Gasteiger partial charge in [-0.2, -0.15) is 0 Å². The third kappa shape index (κ3) is 8.40. The molecule has 2 saturated heterocycles. The molecule has 0 saturated carbocycles. The summed E-state index contributed by atoms with van der Waals surface area (Å²) in [6.07, 6.45) is 9.14. The Bertz CT molecular complexity index is 846. The summed E-state index contributed by atoms with van der Waals surface area (Å²) in [4.78, 5) is 52.0. The van der Waals surface area contributed by atoms with Crippen molar-refractivity contribution in [1.82, 2.24) is 15.1 Å². The van der Waals surface area contributed by atoms with Crippen LogP contribution in [0.5, 0.6) is 0 Å². The Morgan fingerprint density at radius 1 is 1.12 bits per heavy atom. The summed E-state index contributed by atoms with van der Waals surface area (Å²) >= 11 is 0. The fourth-order valence-electron chi connectivity index (χ4n) is 4.25. The van der Waals surface area contributed by atoms with Crippen molar-refractivity contribution in [3.63, 3.8) is 0 Å². The van der Waals surface area contributed by atoms with Crippen molar-refractivity contribution in [2.45, 2.75) is 71.4 Å². The van der Waals surface area contributed by atoms with Gasteiger partial charge < -0.3 is 25.0 Å². The van der Waals surface area contributed by atoms with Gasteiger partial charge in [-0.1, -0.05) is 11.5 Å². The number of likely N-dealkylation sites (tertiary alicyclic amines) is 2. The molecule has 0 aromatic heterocycles. The van der Waals surface area contributed by atoms with Crippen LogP contribution in [0.4, 0.5) is 4.79 Å². The third-order valence-electron chi connectivity index (χ3n) is 6.14. The van der Waals surface area contributed by atoms with Crippen molar-refractivity contribution < 1.29 is 29.0 Å². The minimum atomic E-state index is -1.08. The molecule has 0 aromatic rings. The molecule has 0 radical (unpaired) electrons. The van der Waals surface area contributed by atoms with Crippen LogP contribution in [0.25, 0.3) is 0 Å². The number of nitrogens with zero attached hydrogens (tertiary/aromatic N) is 2. The maximum absolute atomic E-state index is 12.9. The molecule has 34 heavy (non-hydrogen) atoms. The Hall–Kier alpha value is -3.02. The van der Waals surface area contributed by atoms with Gasteiger partial charge in [-0.25, -0.2) is 4.79 Å². The van der Waals surface area contributed by atoms with E-state index in [1.165, 1.54) is 0 Å². The molecule has 2 N–H and O–H groups in total. The highest BCUT2D eigenvalue weighted by Gasteiger charge is 2.31. The van der Waals surface area contributed by atoms with E-state index in [1.807, 2.05) is 27.7 Å². The number of hydrogen-bond donors (Lipinski definition) is 2. The zero-order valence-electron chi connectivity index (χ0n) is 20.6. The minimum absolute atomic E-state index is 0.136. The minimum Gasteiger partial charge on any atom is -0.481 e. The second kappa shape index (κ2) is 11.9. The first-order valence-electron chi connectivity index (χ1n) is 11.8. The zero-order valence-corrected chi connectivity index (χ0v) is 20.6. The van der Waals surface area contributed by atoms with Gasteiger partial charge in [-0.15, -0.1) is 6.42 Å². The smallest absolute Gasteiger partial charge is 0.410 e. The summed E-state index contributed by atoms with van der Waals surface area (Å²) in [6, 6.07) is -0.871. The van der Waals surface area contributed by atoms with E-state index in [4.69, 9.17) is 16.3 Å². The Labute approximate surface area is 201 Å². The topological polar surface area (TPSA) is 116 Å². The molecule has 1 unspecified atom stereocenters. The van der Waals surface area contributed by atoms with Crippen LogP contribution >= 0.6 is 0 Å². The Morgan fingerprint density at radius 3 is 2.32 bits per heavy atom. The zero-order chi connectivity index (χ0) is 25.5. The predicted molar refractivity (Wildman–Crippen MR) is 127 cm³/mol. The van der Waals surface area contributed by atoms with Crippen LogP contribution < -0.4 is 5.32 Å². The van der Waals surface area contributed by atoms with E-state index in [0.717, 1.165) is 18.4 Å². The molecule has 2 atom stereocenters. The lowest BCUT2D eigenvalue weighted by Crippen LogP contribution is -2.47. The SMILES string of the molecule is C#CC(CC(=O)O)NC(=O)[C@@H]1CCCN(C(=O)/C=C(\C)C2CCN(C(=O)OC(C)(C)C)CC2)C1. The van der Waals surface area contributed by atoms with E-state index in [-0.39, 0.29) is 36.8 Å². The predicted octanol–water partition coefficient (Wildman–Crippen LogP) is 2.41. The third-order valence-corrected chi connectivity index (χ3v) is 6.14. The van der Waals surface area contributed by atoms with Crippen LogP contribution in [-0.2, 0) is 19.1 Å². The van der Waals surface area contributed by atoms with E-state index in [0.29, 0.717) is 32.5 Å². The van der Waals surface area contributed by atoms with Crippen LogP contribution in [0, 0.1) is 24.2 Å². The molecule has 2 fully saturated rings. The molecule has 2 aliphatic heterocycles. The van der Waals surface area contributed by atoms with Gasteiger partial charge in [-0.3, -0.25) is 14.4 Å². The number of hydrogen-bond acceptors (Lipinski definition) is 5. The number of carboxylic acids is 1. The average Bonchev–Trinajstić information content (AvgIpc) is 2.77. The van der Waals surface area contributed by atoms with Gasteiger partial charge in [0.05, 0.1) is 12.3 Å². The van der Waals surface area contributed by atoms with E-state index in [2.05, 4.69) is 11.2 Å². The first-order valence-corrected chi connectivity index (χ1v) is 11.8. The molecule has 0 spiro atoms. The first kappa shape index (κ1) is 27.2. The average molecular weight is 476 g/mol. The summed E-state index contributed by atoms with van der Waals surface area (Å²) in [6.45, 7) is 9.46. The quantitative estimate of drug-likeness (QED) is 0.450. The van der Waals surface area contributed by atoms with Crippen molar-refractivity contribution in [2.24, 2.45) is 11.8 Å². The lowest BCUT2D eigenvalue weighted by atomic mass is 9.89. The molecular weight excluding hydrogens is 438 g/mol. The summed E-state index contributed by atoms with van der Waals surface area (Å²) in [5.74, 6) is 0.530. The molecule has 0 aliphatic carbocycles. The molecule has 188 valence electrons. The molecule has 9 heteroatoms. The molecule has 9 nitrogen and oxygen atoms in total. The number of rotatable bonds is 6. The number of carbonyl (C=O) groups is 4. The van der Waals surface area contributed by atoms with Crippen LogP contribution in [0.2, 0.25) is 0 Å². The number of aliphatic carboxylic acids is 1. The molecule has 0 bridgehead atoms. The number of nitrogens with one attached hydrogen (secondary N) is 1. The standard InChI is InChI=1S/C25H37N3O6/c1-6-20(15-22(30)31)26-23(32)19-8-7-11-28(16-19)21(29)14-17(2)18-9-12-27(13-10-18)24(33)34-25(3,4)5/h1,14,18-20H,7-13,15-16H2,2-5H3,(H,26,32)(H,30,31)/b17-14+/t19-,20?/m1/s1. The molecule has 2 aliphatic rings. The Kier molecular flexibility index (Phi) is 9.54. The van der Waals surface area contributed by atoms with Gasteiger partial charge in [-0.05, 0) is 59.3 Å². The van der Waals surface area contributed by atoms with Crippen LogP contribution in [0.15, 0.2) is 11.6 Å². The second-order valence-corrected chi connectivity index (χ2v) is 10.1. The van der Waals surface area contributed by atoms with E-state index < -0.39 is 23.5 Å².